The van der Waals surface area contributed by atoms with Crippen LogP contribution in [-0.2, 0) is 26.2 Å². The summed E-state index contributed by atoms with van der Waals surface area (Å²) in [6.07, 6.45) is 0. The third-order valence-electron chi connectivity index (χ3n) is 5.95. The number of anilines is 1. The lowest BCUT2D eigenvalue weighted by Crippen LogP contribution is -2.50. The molecule has 0 fully saturated rings. The van der Waals surface area contributed by atoms with Crippen LogP contribution >= 0.6 is 11.6 Å². The third-order valence-corrected chi connectivity index (χ3v) is 7.97. The number of halogens is 1. The number of ether oxygens (including phenoxy) is 2. The van der Waals surface area contributed by atoms with Crippen LogP contribution in [0.1, 0.15) is 12.5 Å². The Morgan fingerprint density at radius 2 is 1.58 bits per heavy atom. The molecule has 0 radical (unpaired) electrons. The molecule has 0 unspecified atom stereocenters. The first-order valence-electron chi connectivity index (χ1n) is 11.7. The minimum Gasteiger partial charge on any atom is -0.493 e. The van der Waals surface area contributed by atoms with Crippen molar-refractivity contribution >= 4 is 39.1 Å². The number of nitrogens with one attached hydrogen (secondary N) is 1. The molecule has 38 heavy (non-hydrogen) atoms. The summed E-state index contributed by atoms with van der Waals surface area (Å²) < 4.78 is 39.3. The van der Waals surface area contributed by atoms with Gasteiger partial charge in [-0.1, -0.05) is 41.9 Å². The van der Waals surface area contributed by atoms with E-state index in [0.29, 0.717) is 10.8 Å². The van der Waals surface area contributed by atoms with E-state index in [1.807, 2.05) is 0 Å². The number of rotatable bonds is 11. The van der Waals surface area contributed by atoms with Crippen LogP contribution in [0.4, 0.5) is 5.69 Å². The molecular formula is C27H30ClN3O6S. The maximum absolute atomic E-state index is 13.9. The molecule has 0 aliphatic rings. The Hall–Kier alpha value is -3.76. The first-order chi connectivity index (χ1) is 18.1. The first-order valence-corrected chi connectivity index (χ1v) is 13.5. The number of hydrogen-bond donors (Lipinski definition) is 1. The van der Waals surface area contributed by atoms with Gasteiger partial charge in [0.05, 0.1) is 24.8 Å². The van der Waals surface area contributed by atoms with Crippen LogP contribution in [0.3, 0.4) is 0 Å². The number of nitrogens with zero attached hydrogens (tertiary/aromatic N) is 2. The lowest BCUT2D eigenvalue weighted by molar-refractivity contribution is -0.139. The van der Waals surface area contributed by atoms with E-state index in [9.17, 15) is 18.0 Å². The van der Waals surface area contributed by atoms with Crippen LogP contribution in [0.5, 0.6) is 11.5 Å². The van der Waals surface area contributed by atoms with Crippen molar-refractivity contribution in [1.82, 2.24) is 10.2 Å². The number of carbonyl (C=O) groups is 2. The van der Waals surface area contributed by atoms with Gasteiger partial charge in [-0.2, -0.15) is 0 Å². The van der Waals surface area contributed by atoms with Gasteiger partial charge >= 0.3 is 0 Å². The van der Waals surface area contributed by atoms with E-state index in [0.717, 1.165) is 9.87 Å². The summed E-state index contributed by atoms with van der Waals surface area (Å²) in [7, 11) is 0.0884. The Kier molecular flexibility index (Phi) is 9.60. The molecular weight excluding hydrogens is 530 g/mol. The molecule has 0 aromatic heterocycles. The van der Waals surface area contributed by atoms with Gasteiger partial charge in [0.2, 0.25) is 11.8 Å². The molecule has 0 saturated carbocycles. The molecule has 0 aliphatic carbocycles. The van der Waals surface area contributed by atoms with Crippen molar-refractivity contribution in [2.75, 3.05) is 32.1 Å². The van der Waals surface area contributed by atoms with E-state index in [1.165, 1.54) is 44.4 Å². The number of amides is 2. The number of carbonyl (C=O) groups excluding carboxylic acids is 2. The first kappa shape index (κ1) is 28.8. The third kappa shape index (κ3) is 6.56. The zero-order valence-electron chi connectivity index (χ0n) is 21.5. The van der Waals surface area contributed by atoms with Gasteiger partial charge in [0, 0.05) is 24.7 Å². The molecule has 3 aromatic rings. The van der Waals surface area contributed by atoms with Crippen molar-refractivity contribution in [2.45, 2.75) is 24.4 Å². The lowest BCUT2D eigenvalue weighted by atomic mass is 10.1. The molecule has 1 N–H and O–H groups in total. The van der Waals surface area contributed by atoms with Crippen LogP contribution < -0.4 is 19.1 Å². The summed E-state index contributed by atoms with van der Waals surface area (Å²) >= 11 is 6.00. The van der Waals surface area contributed by atoms with E-state index < -0.39 is 28.5 Å². The zero-order chi connectivity index (χ0) is 27.9. The summed E-state index contributed by atoms with van der Waals surface area (Å²) in [5.74, 6) is -0.363. The minimum absolute atomic E-state index is 0.0730. The lowest BCUT2D eigenvalue weighted by Gasteiger charge is -2.31. The van der Waals surface area contributed by atoms with Gasteiger partial charge in [-0.3, -0.25) is 13.9 Å². The van der Waals surface area contributed by atoms with Crippen LogP contribution in [0.15, 0.2) is 77.7 Å². The normalized spacial score (nSPS) is 11.8. The van der Waals surface area contributed by atoms with Crippen LogP contribution in [-0.4, -0.2) is 59.0 Å². The number of benzene rings is 3. The van der Waals surface area contributed by atoms with Crippen LogP contribution in [0, 0.1) is 0 Å². The molecule has 1 atom stereocenters. The Morgan fingerprint density at radius 3 is 2.16 bits per heavy atom. The number of para-hydroxylation sites is 1. The smallest absolute Gasteiger partial charge is 0.264 e. The Morgan fingerprint density at radius 1 is 0.947 bits per heavy atom. The Bertz CT molecular complexity index is 1370. The fourth-order valence-corrected chi connectivity index (χ4v) is 5.36. The van der Waals surface area contributed by atoms with E-state index >= 15 is 0 Å². The largest absolute Gasteiger partial charge is 0.493 e. The average Bonchev–Trinajstić information content (AvgIpc) is 2.94. The molecule has 0 aliphatic heterocycles. The van der Waals surface area contributed by atoms with Crippen molar-refractivity contribution in [3.8, 4) is 11.5 Å². The fraction of sp³-hybridized carbons (Fsp3) is 0.259. The van der Waals surface area contributed by atoms with E-state index in [-0.39, 0.29) is 28.8 Å². The standard InChI is InChI=1S/C27H30ClN3O6S/c1-19(27(33)29-2)30(17-20-10-12-21(28)13-11-20)26(32)18-31(22-8-6-5-7-9-22)38(34,35)23-14-15-24(36-3)25(16-23)37-4/h5-16,19H,17-18H2,1-4H3,(H,29,33)/t19-/m0/s1. The molecule has 9 nitrogen and oxygen atoms in total. The second-order valence-electron chi connectivity index (χ2n) is 8.30. The quantitative estimate of drug-likeness (QED) is 0.384. The molecule has 2 amide bonds. The van der Waals surface area contributed by atoms with Crippen molar-refractivity contribution in [3.63, 3.8) is 0 Å². The number of methoxy groups -OCH3 is 2. The van der Waals surface area contributed by atoms with Crippen molar-refractivity contribution < 1.29 is 27.5 Å². The molecule has 11 heteroatoms. The highest BCUT2D eigenvalue weighted by Gasteiger charge is 2.32. The Balaban J connectivity index is 2.03. The number of likely N-dealkylation sites (N-methyl/N-ethyl adjacent to an activating group) is 1. The van der Waals surface area contributed by atoms with Crippen molar-refractivity contribution in [3.05, 3.63) is 83.4 Å². The Labute approximate surface area is 228 Å². The summed E-state index contributed by atoms with van der Waals surface area (Å²) in [6.45, 7) is 1.11. The molecule has 0 bridgehead atoms. The topological polar surface area (TPSA) is 105 Å². The van der Waals surface area contributed by atoms with E-state index in [1.54, 1.807) is 61.5 Å². The summed E-state index contributed by atoms with van der Waals surface area (Å²) in [5.41, 5.74) is 1.02. The van der Waals surface area contributed by atoms with Gasteiger partial charge in [0.25, 0.3) is 10.0 Å². The van der Waals surface area contributed by atoms with Gasteiger partial charge in [0.15, 0.2) is 11.5 Å². The molecule has 0 heterocycles. The highest BCUT2D eigenvalue weighted by Crippen LogP contribution is 2.32. The van der Waals surface area contributed by atoms with Gasteiger partial charge in [-0.15, -0.1) is 0 Å². The highest BCUT2D eigenvalue weighted by molar-refractivity contribution is 7.92. The fourth-order valence-electron chi connectivity index (χ4n) is 3.81. The van der Waals surface area contributed by atoms with E-state index in [2.05, 4.69) is 5.32 Å². The average molecular weight is 560 g/mol. The monoisotopic (exact) mass is 559 g/mol. The van der Waals surface area contributed by atoms with Crippen molar-refractivity contribution in [2.24, 2.45) is 0 Å². The number of sulfonamides is 1. The zero-order valence-corrected chi connectivity index (χ0v) is 23.1. The van der Waals surface area contributed by atoms with Gasteiger partial charge in [-0.05, 0) is 48.9 Å². The van der Waals surface area contributed by atoms with Crippen LogP contribution in [0.2, 0.25) is 5.02 Å². The predicted octanol–water partition coefficient (Wildman–Crippen LogP) is 3.72. The molecule has 3 aromatic carbocycles. The van der Waals surface area contributed by atoms with E-state index in [4.69, 9.17) is 21.1 Å². The molecule has 3 rings (SSSR count). The molecule has 202 valence electrons. The van der Waals surface area contributed by atoms with Gasteiger partial charge < -0.3 is 19.7 Å². The maximum Gasteiger partial charge on any atom is 0.264 e. The van der Waals surface area contributed by atoms with Gasteiger partial charge in [0.1, 0.15) is 12.6 Å². The SMILES string of the molecule is CNC(=O)[C@H](C)N(Cc1ccc(Cl)cc1)C(=O)CN(c1ccccc1)S(=O)(=O)c1ccc(OC)c(OC)c1. The summed E-state index contributed by atoms with van der Waals surface area (Å²) in [4.78, 5) is 27.5. The highest BCUT2D eigenvalue weighted by atomic mass is 35.5. The van der Waals surface area contributed by atoms with Crippen LogP contribution in [0.25, 0.3) is 0 Å². The number of hydrogen-bond acceptors (Lipinski definition) is 6. The van der Waals surface area contributed by atoms with Crippen molar-refractivity contribution in [1.29, 1.82) is 0 Å². The second kappa shape index (κ2) is 12.7. The molecule has 0 spiro atoms. The molecule has 0 saturated heterocycles. The predicted molar refractivity (Wildman–Crippen MR) is 146 cm³/mol. The second-order valence-corrected chi connectivity index (χ2v) is 10.6. The summed E-state index contributed by atoms with van der Waals surface area (Å²) in [6, 6.07) is 18.5. The van der Waals surface area contributed by atoms with Gasteiger partial charge in [-0.25, -0.2) is 8.42 Å². The maximum atomic E-state index is 13.9. The summed E-state index contributed by atoms with van der Waals surface area (Å²) in [5, 5.41) is 3.08. The minimum atomic E-state index is -4.24.